The van der Waals surface area contributed by atoms with Gasteiger partial charge in [-0.05, 0) is 31.0 Å². The Kier molecular flexibility index (Phi) is 4.47. The lowest BCUT2D eigenvalue weighted by Crippen LogP contribution is -2.02. The molecule has 2 heteroatoms. The van der Waals surface area contributed by atoms with Gasteiger partial charge in [0.05, 0.1) is 6.61 Å². The summed E-state index contributed by atoms with van der Waals surface area (Å²) in [6, 6.07) is 5.68. The molecule has 0 atom stereocenters. The van der Waals surface area contributed by atoms with Crippen LogP contribution in [0.25, 0.3) is 0 Å². The summed E-state index contributed by atoms with van der Waals surface area (Å²) in [5.74, 6) is 0.862. The average Bonchev–Trinajstić information content (AvgIpc) is 2.18. The molecule has 0 N–H and O–H groups in total. The highest BCUT2D eigenvalue weighted by atomic mass is 16.5. The summed E-state index contributed by atoms with van der Waals surface area (Å²) in [7, 11) is 1.69. The number of hydrogen-bond donors (Lipinski definition) is 0. The van der Waals surface area contributed by atoms with Gasteiger partial charge < -0.3 is 9.47 Å². The molecule has 1 aromatic carbocycles. The first-order chi connectivity index (χ1) is 6.74. The Balaban J connectivity index is 2.45. The van der Waals surface area contributed by atoms with Gasteiger partial charge >= 0.3 is 0 Å². The Morgan fingerprint density at radius 2 is 2.07 bits per heavy atom. The molecule has 0 saturated heterocycles. The molecule has 0 spiro atoms. The molecule has 0 aromatic heterocycles. The van der Waals surface area contributed by atoms with E-state index in [-0.39, 0.29) is 0 Å². The highest BCUT2D eigenvalue weighted by Gasteiger charge is 1.98. The zero-order valence-electron chi connectivity index (χ0n) is 8.75. The predicted octanol–water partition coefficient (Wildman–Crippen LogP) is 2.47. The highest BCUT2D eigenvalue weighted by Crippen LogP contribution is 2.18. The lowest BCUT2D eigenvalue weighted by molar-refractivity contribution is 0.172. The number of hydrogen-bond acceptors (Lipinski definition) is 2. The minimum atomic E-state index is 0.665. The summed E-state index contributed by atoms with van der Waals surface area (Å²) in [6.45, 7) is 9.05. The van der Waals surface area contributed by atoms with Gasteiger partial charge in [-0.2, -0.15) is 0 Å². The molecule has 0 heterocycles. The fraction of sp³-hybridized carbons (Fsp3) is 0.417. The highest BCUT2D eigenvalue weighted by molar-refractivity contribution is 5.37. The first-order valence-electron chi connectivity index (χ1n) is 4.72. The van der Waals surface area contributed by atoms with Gasteiger partial charge in [-0.1, -0.05) is 12.1 Å². The van der Waals surface area contributed by atoms with Crippen LogP contribution in [0.2, 0.25) is 0 Å². The van der Waals surface area contributed by atoms with E-state index < -0.39 is 0 Å². The summed E-state index contributed by atoms with van der Waals surface area (Å²) < 4.78 is 10.5. The minimum Gasteiger partial charge on any atom is -0.493 e. The van der Waals surface area contributed by atoms with E-state index in [2.05, 4.69) is 0 Å². The van der Waals surface area contributed by atoms with Gasteiger partial charge in [-0.3, -0.25) is 0 Å². The number of rotatable bonds is 5. The number of methoxy groups -OCH3 is 1. The van der Waals surface area contributed by atoms with E-state index in [0.717, 1.165) is 29.9 Å². The molecule has 1 aromatic rings. The van der Waals surface area contributed by atoms with E-state index in [1.807, 2.05) is 25.1 Å². The Morgan fingerprint density at radius 1 is 1.29 bits per heavy atom. The largest absolute Gasteiger partial charge is 0.493 e. The van der Waals surface area contributed by atoms with Crippen molar-refractivity contribution in [2.45, 2.75) is 13.3 Å². The van der Waals surface area contributed by atoms with Crippen molar-refractivity contribution in [3.8, 4) is 5.75 Å². The van der Waals surface area contributed by atoms with Crippen LogP contribution in [-0.4, -0.2) is 20.3 Å². The number of ether oxygens (including phenoxy) is 2. The topological polar surface area (TPSA) is 18.5 Å². The van der Waals surface area contributed by atoms with E-state index in [0.29, 0.717) is 6.61 Å². The zero-order chi connectivity index (χ0) is 10.4. The molecule has 0 aliphatic heterocycles. The van der Waals surface area contributed by atoms with Crippen molar-refractivity contribution in [1.82, 2.24) is 0 Å². The van der Waals surface area contributed by atoms with E-state index in [1.165, 1.54) is 0 Å². The lowest BCUT2D eigenvalue weighted by Gasteiger charge is -2.09. The van der Waals surface area contributed by atoms with Crippen LogP contribution in [0.3, 0.4) is 0 Å². The maximum atomic E-state index is 5.65. The smallest absolute Gasteiger partial charge is 0.122 e. The lowest BCUT2D eigenvalue weighted by atomic mass is 10.1. The minimum absolute atomic E-state index is 0.665. The van der Waals surface area contributed by atoms with Crippen LogP contribution >= 0.6 is 0 Å². The van der Waals surface area contributed by atoms with Gasteiger partial charge in [0, 0.05) is 20.1 Å². The third-order valence-electron chi connectivity index (χ3n) is 1.96. The molecule has 0 saturated carbocycles. The SMILES string of the molecule is [CH]c1ccc(C)c(OCCCOC)c1. The van der Waals surface area contributed by atoms with E-state index in [9.17, 15) is 0 Å². The summed E-state index contributed by atoms with van der Waals surface area (Å²) in [6.07, 6.45) is 0.894. The third-order valence-corrected chi connectivity index (χ3v) is 1.96. The second-order valence-electron chi connectivity index (χ2n) is 3.22. The molecule has 0 aliphatic carbocycles. The van der Waals surface area contributed by atoms with E-state index >= 15 is 0 Å². The van der Waals surface area contributed by atoms with Gasteiger partial charge in [-0.15, -0.1) is 0 Å². The average molecular weight is 192 g/mol. The van der Waals surface area contributed by atoms with Crippen molar-refractivity contribution in [2.24, 2.45) is 0 Å². The van der Waals surface area contributed by atoms with Crippen molar-refractivity contribution < 1.29 is 9.47 Å². The van der Waals surface area contributed by atoms with Gasteiger partial charge in [-0.25, -0.2) is 0 Å². The molecule has 0 amide bonds. The quantitative estimate of drug-likeness (QED) is 0.667. The van der Waals surface area contributed by atoms with Crippen molar-refractivity contribution in [3.05, 3.63) is 36.2 Å². The predicted molar refractivity (Wildman–Crippen MR) is 56.6 cm³/mol. The van der Waals surface area contributed by atoms with Crippen LogP contribution in [0, 0.1) is 13.8 Å². The van der Waals surface area contributed by atoms with Gasteiger partial charge in [0.2, 0.25) is 0 Å². The molecular weight excluding hydrogens is 176 g/mol. The molecule has 0 bridgehead atoms. The summed E-state index contributed by atoms with van der Waals surface area (Å²) in [4.78, 5) is 0. The maximum absolute atomic E-state index is 5.65. The molecule has 14 heavy (non-hydrogen) atoms. The van der Waals surface area contributed by atoms with Crippen LogP contribution in [0.1, 0.15) is 17.5 Å². The first-order valence-corrected chi connectivity index (χ1v) is 4.72. The second kappa shape index (κ2) is 5.66. The van der Waals surface area contributed by atoms with Crippen LogP contribution in [0.15, 0.2) is 18.2 Å². The third kappa shape index (κ3) is 3.38. The maximum Gasteiger partial charge on any atom is 0.122 e. The summed E-state index contributed by atoms with van der Waals surface area (Å²) in [5.41, 5.74) is 1.84. The van der Waals surface area contributed by atoms with Crippen LogP contribution < -0.4 is 4.74 Å². The number of aryl methyl sites for hydroxylation is 1. The van der Waals surface area contributed by atoms with Crippen LogP contribution in [0.5, 0.6) is 5.75 Å². The fourth-order valence-corrected chi connectivity index (χ4v) is 1.16. The zero-order valence-corrected chi connectivity index (χ0v) is 8.75. The van der Waals surface area contributed by atoms with Crippen LogP contribution in [0.4, 0.5) is 0 Å². The first kappa shape index (κ1) is 11.1. The van der Waals surface area contributed by atoms with E-state index in [4.69, 9.17) is 16.4 Å². The monoisotopic (exact) mass is 192 g/mol. The number of benzene rings is 1. The summed E-state index contributed by atoms with van der Waals surface area (Å²) in [5, 5.41) is 0. The molecule has 2 radical (unpaired) electrons. The normalized spacial score (nSPS) is 10.2. The molecule has 0 unspecified atom stereocenters. The Labute approximate surface area is 85.8 Å². The molecule has 1 rings (SSSR count). The molecule has 76 valence electrons. The van der Waals surface area contributed by atoms with Gasteiger partial charge in [0.25, 0.3) is 0 Å². The van der Waals surface area contributed by atoms with Gasteiger partial charge in [0.1, 0.15) is 5.75 Å². The molecule has 0 fully saturated rings. The van der Waals surface area contributed by atoms with E-state index in [1.54, 1.807) is 7.11 Å². The summed E-state index contributed by atoms with van der Waals surface area (Å²) >= 11 is 0. The fourth-order valence-electron chi connectivity index (χ4n) is 1.16. The van der Waals surface area contributed by atoms with Crippen LogP contribution in [-0.2, 0) is 4.74 Å². The standard InChI is InChI=1S/C12H16O2/c1-10-5-6-11(2)12(9-10)14-8-4-7-13-3/h1,5-6,9H,4,7-8H2,2-3H3. The van der Waals surface area contributed by atoms with Crippen molar-refractivity contribution in [2.75, 3.05) is 20.3 Å². The Hall–Kier alpha value is -1.02. The molecular formula is C12H16O2. The van der Waals surface area contributed by atoms with Gasteiger partial charge in [0.15, 0.2) is 0 Å². The Bertz CT molecular complexity index is 282. The second-order valence-corrected chi connectivity index (χ2v) is 3.22. The van der Waals surface area contributed by atoms with Crippen molar-refractivity contribution in [3.63, 3.8) is 0 Å². The Morgan fingerprint density at radius 3 is 2.79 bits per heavy atom. The molecule has 0 aliphatic rings. The van der Waals surface area contributed by atoms with Crippen molar-refractivity contribution in [1.29, 1.82) is 0 Å². The molecule has 2 nitrogen and oxygen atoms in total. The van der Waals surface area contributed by atoms with Crippen molar-refractivity contribution >= 4 is 0 Å².